The summed E-state index contributed by atoms with van der Waals surface area (Å²) < 4.78 is 95.1. The number of hydrogen-bond donors (Lipinski definition) is 3. The Morgan fingerprint density at radius 2 is 1.15 bits per heavy atom. The standard InChI is InChI=1S/C20H23FN4O4S.C13H13NO.C7H10FN3O3S/c1-25-16(20(21)10-29-11-20)9-17(23-25)30(27,28)24-19(26)22-18-14-6-2-4-12(14)8-13-5-3-7-15(13)18;14-8-15-13-11-5-1-3-9(11)7-10-4-2-6-12(10)13;1-11-5(7(8)3-14-4-7)2-6(10-11)15(9,12)13/h8-9H,2-7,10-11H2,1H3,(H2,22,24,26);7H,1-6H2;2H,3-4H2,1H3,(H2,9,12,13). The lowest BCUT2D eigenvalue weighted by Crippen LogP contribution is -2.44. The molecule has 320 valence electrons. The highest BCUT2D eigenvalue weighted by atomic mass is 32.2. The van der Waals surface area contributed by atoms with E-state index in [9.17, 15) is 30.4 Å². The molecule has 60 heavy (non-hydrogen) atoms. The number of nitrogens with one attached hydrogen (secondary N) is 2. The van der Waals surface area contributed by atoms with Crippen LogP contribution in [0, 0.1) is 11.5 Å². The van der Waals surface area contributed by atoms with Crippen LogP contribution in [0.3, 0.4) is 0 Å². The zero-order valence-electron chi connectivity index (χ0n) is 33.3. The summed E-state index contributed by atoms with van der Waals surface area (Å²) in [5.74, 6) is 0.903. The first kappa shape index (κ1) is 41.8. The number of fused-ring (bicyclic) bond motifs is 4. The Labute approximate surface area is 346 Å². The monoisotopic (exact) mass is 868 g/mol. The Morgan fingerprint density at radius 3 is 1.55 bits per heavy atom. The summed E-state index contributed by atoms with van der Waals surface area (Å²) in [6.45, 7) is -0.471. The van der Waals surface area contributed by atoms with E-state index in [1.54, 1.807) is 0 Å². The zero-order chi connectivity index (χ0) is 42.6. The number of halogens is 2. The third-order valence-electron chi connectivity index (χ3n) is 12.0. The number of nitriles is 1. The van der Waals surface area contributed by atoms with Crippen molar-refractivity contribution in [3.8, 4) is 12.0 Å². The van der Waals surface area contributed by atoms with Crippen LogP contribution >= 0.6 is 0 Å². The predicted molar refractivity (Wildman–Crippen MR) is 212 cm³/mol. The minimum atomic E-state index is -4.26. The molecule has 4 aromatic rings. The fourth-order valence-corrected chi connectivity index (χ4v) is 10.5. The minimum Gasteiger partial charge on any atom is -0.387 e. The SMILES string of the molecule is Cn1nc(S(=O)(=O)NC(=O)Nc2c3c(cc4c2CCC4)CCC3)cc1C1(F)COC1.Cn1nc(S(N)(=O)=O)cc1C1(F)COC1.N#COc1c2c(cc3c1CCC3)CCC2. The van der Waals surface area contributed by atoms with Crippen LogP contribution in [0.2, 0.25) is 0 Å². The molecule has 0 bridgehead atoms. The largest absolute Gasteiger partial charge is 0.387 e. The molecule has 2 aliphatic heterocycles. The number of amides is 2. The summed E-state index contributed by atoms with van der Waals surface area (Å²) in [5.41, 5.74) is 7.73. The molecule has 0 unspecified atom stereocenters. The van der Waals surface area contributed by atoms with Crippen molar-refractivity contribution in [1.82, 2.24) is 24.3 Å². The normalized spacial score (nSPS) is 18.8. The number of anilines is 1. The van der Waals surface area contributed by atoms with Crippen molar-refractivity contribution < 1.29 is 44.6 Å². The average molecular weight is 869 g/mol. The lowest BCUT2D eigenvalue weighted by Gasteiger charge is -2.33. The molecule has 0 saturated carbocycles. The van der Waals surface area contributed by atoms with Gasteiger partial charge in [0.2, 0.25) is 0 Å². The topological polar surface area (TPSA) is 223 Å². The van der Waals surface area contributed by atoms with Gasteiger partial charge in [0.25, 0.3) is 26.3 Å². The highest BCUT2D eigenvalue weighted by Gasteiger charge is 2.45. The van der Waals surface area contributed by atoms with Gasteiger partial charge in [-0.2, -0.15) is 18.6 Å². The Bertz CT molecular complexity index is 2580. The van der Waals surface area contributed by atoms with Crippen molar-refractivity contribution in [3.63, 3.8) is 0 Å². The van der Waals surface area contributed by atoms with Crippen LogP contribution in [0.25, 0.3) is 0 Å². The summed E-state index contributed by atoms with van der Waals surface area (Å²) in [7, 11) is -5.22. The third-order valence-corrected chi connectivity index (χ3v) is 14.0. The van der Waals surface area contributed by atoms with Crippen molar-refractivity contribution >= 4 is 31.8 Å². The van der Waals surface area contributed by atoms with Crippen LogP contribution in [0.15, 0.2) is 34.3 Å². The first-order valence-electron chi connectivity index (χ1n) is 19.9. The van der Waals surface area contributed by atoms with Crippen molar-refractivity contribution in [2.75, 3.05) is 31.7 Å². The third kappa shape index (κ3) is 7.88. The molecule has 20 heteroatoms. The predicted octanol–water partition coefficient (Wildman–Crippen LogP) is 3.89. The number of sulfonamides is 2. The average Bonchev–Trinajstić information content (AvgIpc) is 4.01. The van der Waals surface area contributed by atoms with Gasteiger partial charge in [0, 0.05) is 31.9 Å². The van der Waals surface area contributed by atoms with Crippen LogP contribution in [0.1, 0.15) is 81.6 Å². The molecule has 16 nitrogen and oxygen atoms in total. The van der Waals surface area contributed by atoms with E-state index in [1.165, 1.54) is 69.7 Å². The van der Waals surface area contributed by atoms with Gasteiger partial charge >= 0.3 is 6.03 Å². The number of hydrogen-bond acceptors (Lipinski definition) is 11. The van der Waals surface area contributed by atoms with E-state index >= 15 is 0 Å². The molecule has 2 saturated heterocycles. The van der Waals surface area contributed by atoms with Gasteiger partial charge in [-0.1, -0.05) is 12.1 Å². The second kappa shape index (κ2) is 15.8. The maximum Gasteiger partial charge on any atom is 0.333 e. The molecule has 2 aromatic carbocycles. The number of aromatic nitrogens is 4. The van der Waals surface area contributed by atoms with Gasteiger partial charge in [-0.25, -0.2) is 31.9 Å². The Morgan fingerprint density at radius 1 is 0.733 bits per heavy atom. The Kier molecular flexibility index (Phi) is 11.0. The van der Waals surface area contributed by atoms with Gasteiger partial charge in [0.1, 0.15) is 5.75 Å². The molecule has 2 aromatic heterocycles. The number of carbonyl (C=O) groups excluding carboxylic acids is 1. The quantitative estimate of drug-likeness (QED) is 0.226. The van der Waals surface area contributed by atoms with Crippen LogP contribution in [-0.2, 0) is 106 Å². The van der Waals surface area contributed by atoms with E-state index in [2.05, 4.69) is 27.6 Å². The number of primary sulfonamides is 1. The molecule has 4 heterocycles. The number of alkyl halides is 2. The van der Waals surface area contributed by atoms with E-state index in [0.29, 0.717) is 0 Å². The second-order valence-corrected chi connectivity index (χ2v) is 19.3. The molecule has 0 radical (unpaired) electrons. The molecule has 0 atom stereocenters. The number of ether oxygens (including phenoxy) is 3. The summed E-state index contributed by atoms with van der Waals surface area (Å²) >= 11 is 0. The van der Waals surface area contributed by atoms with E-state index in [1.807, 2.05) is 11.0 Å². The number of nitrogens with zero attached hydrogens (tertiary/aromatic N) is 5. The molecule has 10 rings (SSSR count). The number of rotatable bonds is 7. The van der Waals surface area contributed by atoms with E-state index in [0.717, 1.165) is 98.9 Å². The van der Waals surface area contributed by atoms with E-state index in [-0.39, 0.29) is 42.8 Å². The van der Waals surface area contributed by atoms with E-state index < -0.39 is 42.4 Å². The number of carbonyl (C=O) groups is 1. The summed E-state index contributed by atoms with van der Waals surface area (Å²) in [6.07, 6.45) is 14.5. The lowest BCUT2D eigenvalue weighted by molar-refractivity contribution is -0.139. The molecular formula is C40H46F2N8O8S2. The number of aryl methyl sites for hydroxylation is 6. The highest BCUT2D eigenvalue weighted by molar-refractivity contribution is 7.90. The first-order chi connectivity index (χ1) is 28.5. The van der Waals surface area contributed by atoms with Gasteiger partial charge in [0.05, 0.1) is 37.8 Å². The fraction of sp³-hybridized carbons (Fsp3) is 0.500. The van der Waals surface area contributed by atoms with Crippen molar-refractivity contribution in [1.29, 1.82) is 5.26 Å². The number of nitrogens with two attached hydrogens (primary N) is 1. The molecular weight excluding hydrogens is 823 g/mol. The Hall–Kier alpha value is -4.94. The molecule has 4 N–H and O–H groups in total. The minimum absolute atomic E-state index is 0.0867. The van der Waals surface area contributed by atoms with E-state index in [4.69, 9.17) is 24.6 Å². The van der Waals surface area contributed by atoms with Gasteiger partial charge in [-0.3, -0.25) is 9.36 Å². The number of benzene rings is 2. The molecule has 6 aliphatic rings. The highest BCUT2D eigenvalue weighted by Crippen LogP contribution is 2.41. The van der Waals surface area contributed by atoms with Crippen molar-refractivity contribution in [3.05, 3.63) is 80.2 Å². The van der Waals surface area contributed by atoms with Gasteiger partial charge in [-0.15, -0.1) is 5.26 Å². The zero-order valence-corrected chi connectivity index (χ0v) is 34.9. The van der Waals surface area contributed by atoms with Gasteiger partial charge in [0.15, 0.2) is 21.4 Å². The molecule has 0 spiro atoms. The van der Waals surface area contributed by atoms with Crippen molar-refractivity contribution in [2.45, 2.75) is 98.4 Å². The van der Waals surface area contributed by atoms with Crippen LogP contribution < -0.4 is 19.9 Å². The summed E-state index contributed by atoms with van der Waals surface area (Å²) in [6, 6.07) is 6.03. The molecule has 2 fully saturated rings. The summed E-state index contributed by atoms with van der Waals surface area (Å²) in [4.78, 5) is 12.6. The molecule has 2 amide bonds. The second-order valence-electron chi connectivity index (χ2n) is 16.1. The lowest BCUT2D eigenvalue weighted by atomic mass is 9.99. The van der Waals surface area contributed by atoms with Gasteiger partial charge < -0.3 is 19.5 Å². The maximum atomic E-state index is 14.6. The molecule has 4 aliphatic carbocycles. The van der Waals surface area contributed by atoms with Crippen LogP contribution in [0.5, 0.6) is 5.75 Å². The van der Waals surface area contributed by atoms with Gasteiger partial charge in [-0.05, 0) is 122 Å². The first-order valence-corrected chi connectivity index (χ1v) is 22.9. The fourth-order valence-electron chi connectivity index (χ4n) is 9.06. The Balaban J connectivity index is 0.000000139. The summed E-state index contributed by atoms with van der Waals surface area (Å²) in [5, 5.41) is 23.2. The van der Waals surface area contributed by atoms with Crippen molar-refractivity contribution in [2.24, 2.45) is 19.2 Å². The maximum absolute atomic E-state index is 14.6. The number of urea groups is 1. The van der Waals surface area contributed by atoms with Crippen LogP contribution in [-0.4, -0.2) is 68.9 Å². The smallest absolute Gasteiger partial charge is 0.333 e. The van der Waals surface area contributed by atoms with Crippen LogP contribution in [0.4, 0.5) is 19.3 Å².